The number of rotatable bonds is 17. The van der Waals surface area contributed by atoms with Crippen LogP contribution in [0.1, 0.15) is 89.5 Å². The molecule has 2 N–H and O–H groups in total. The van der Waals surface area contributed by atoms with E-state index in [1.54, 1.807) is 6.21 Å². The lowest BCUT2D eigenvalue weighted by atomic mass is 10.1. The Kier molecular flexibility index (Phi) is 15.2. The highest BCUT2D eigenvalue weighted by molar-refractivity contribution is 5.86. The third-order valence-corrected chi connectivity index (χ3v) is 5.01. The van der Waals surface area contributed by atoms with E-state index >= 15 is 0 Å². The van der Waals surface area contributed by atoms with Gasteiger partial charge in [0.05, 0.1) is 6.61 Å². The van der Waals surface area contributed by atoms with Crippen LogP contribution < -0.4 is 5.32 Å². The Morgan fingerprint density at radius 1 is 0.929 bits per heavy atom. The number of nitrogens with one attached hydrogen (secondary N) is 1. The lowest BCUT2D eigenvalue weighted by Crippen LogP contribution is -2.36. The Morgan fingerprint density at radius 3 is 2.00 bits per heavy atom. The van der Waals surface area contributed by atoms with Crippen molar-refractivity contribution in [3.63, 3.8) is 0 Å². The van der Waals surface area contributed by atoms with Crippen LogP contribution in [-0.4, -0.2) is 36.4 Å². The summed E-state index contributed by atoms with van der Waals surface area (Å²) in [4.78, 5) is 16.3. The molecule has 1 amide bonds. The number of aliphatic imine (C=N–C) groups is 1. The van der Waals surface area contributed by atoms with E-state index in [-0.39, 0.29) is 12.5 Å². The minimum absolute atomic E-state index is 0.197. The van der Waals surface area contributed by atoms with E-state index in [1.165, 1.54) is 64.2 Å². The van der Waals surface area contributed by atoms with E-state index in [0.29, 0.717) is 6.54 Å². The maximum atomic E-state index is 12.1. The standard InChI is InChI=1S/C24H40N2O2/c1-2-3-4-5-6-7-8-9-10-11-12-16-19-25-24(28)23(21-27)26-20-22-17-14-13-15-18-22/h13-15,17-18,20,23,27H,2-12,16,19,21H2,1H3,(H,25,28)/t23-/m0/s1. The van der Waals surface area contributed by atoms with Crippen molar-refractivity contribution in [2.45, 2.75) is 90.0 Å². The lowest BCUT2D eigenvalue weighted by Gasteiger charge is -2.10. The first-order chi connectivity index (χ1) is 13.8. The van der Waals surface area contributed by atoms with Crippen molar-refractivity contribution in [3.05, 3.63) is 35.9 Å². The van der Waals surface area contributed by atoms with Crippen molar-refractivity contribution in [2.24, 2.45) is 4.99 Å². The molecule has 4 heteroatoms. The molecule has 0 bridgehead atoms. The van der Waals surface area contributed by atoms with Gasteiger partial charge >= 0.3 is 0 Å². The van der Waals surface area contributed by atoms with E-state index in [9.17, 15) is 9.90 Å². The summed E-state index contributed by atoms with van der Waals surface area (Å²) in [5.74, 6) is -0.197. The molecule has 0 aromatic heterocycles. The molecule has 0 saturated carbocycles. The molecule has 0 heterocycles. The molecule has 0 saturated heterocycles. The maximum absolute atomic E-state index is 12.1. The van der Waals surface area contributed by atoms with Gasteiger partial charge in [0.25, 0.3) is 0 Å². The molecule has 1 atom stereocenters. The van der Waals surface area contributed by atoms with Gasteiger partial charge in [0, 0.05) is 12.8 Å². The molecule has 1 aromatic rings. The SMILES string of the molecule is CCCCCCCCCCCCCCNC(=O)[C@H](CO)N=Cc1ccccc1. The molecule has 0 unspecified atom stereocenters. The fourth-order valence-electron chi connectivity index (χ4n) is 3.21. The van der Waals surface area contributed by atoms with Gasteiger partial charge in [-0.1, -0.05) is 108 Å². The Morgan fingerprint density at radius 2 is 1.46 bits per heavy atom. The van der Waals surface area contributed by atoms with Crippen LogP contribution in [0.2, 0.25) is 0 Å². The first-order valence-corrected chi connectivity index (χ1v) is 11.2. The van der Waals surface area contributed by atoms with Crippen molar-refractivity contribution in [1.82, 2.24) is 5.32 Å². The number of nitrogens with zero attached hydrogens (tertiary/aromatic N) is 1. The predicted molar refractivity (Wildman–Crippen MR) is 119 cm³/mol. The second-order valence-electron chi connectivity index (χ2n) is 7.57. The highest BCUT2D eigenvalue weighted by Gasteiger charge is 2.14. The average Bonchev–Trinajstić information content (AvgIpc) is 2.72. The number of carbonyl (C=O) groups excluding carboxylic acids is 1. The molecule has 0 spiro atoms. The number of aliphatic hydroxyl groups is 1. The number of hydrogen-bond acceptors (Lipinski definition) is 3. The van der Waals surface area contributed by atoms with Gasteiger partial charge in [-0.05, 0) is 12.0 Å². The van der Waals surface area contributed by atoms with Gasteiger partial charge in [-0.3, -0.25) is 9.79 Å². The number of carbonyl (C=O) groups is 1. The van der Waals surface area contributed by atoms with Gasteiger partial charge in [0.1, 0.15) is 0 Å². The van der Waals surface area contributed by atoms with Crippen molar-refractivity contribution in [3.8, 4) is 0 Å². The summed E-state index contributed by atoms with van der Waals surface area (Å²) in [5.41, 5.74) is 0.926. The van der Waals surface area contributed by atoms with Crippen LogP contribution in [0.3, 0.4) is 0 Å². The average molecular weight is 389 g/mol. The highest BCUT2D eigenvalue weighted by atomic mass is 16.3. The Labute approximate surface area is 171 Å². The zero-order chi connectivity index (χ0) is 20.3. The summed E-state index contributed by atoms with van der Waals surface area (Å²) in [5, 5.41) is 12.3. The van der Waals surface area contributed by atoms with Gasteiger partial charge in [0.2, 0.25) is 5.91 Å². The fraction of sp³-hybridized carbons (Fsp3) is 0.667. The highest BCUT2D eigenvalue weighted by Crippen LogP contribution is 2.11. The third-order valence-electron chi connectivity index (χ3n) is 5.01. The minimum Gasteiger partial charge on any atom is -0.394 e. The van der Waals surface area contributed by atoms with Crippen molar-refractivity contribution >= 4 is 12.1 Å². The topological polar surface area (TPSA) is 61.7 Å². The molecule has 0 aliphatic carbocycles. The molecule has 158 valence electrons. The Bertz CT molecular complexity index is 517. The quantitative estimate of drug-likeness (QED) is 0.281. The predicted octanol–water partition coefficient (Wildman–Crippen LogP) is 5.28. The van der Waals surface area contributed by atoms with Crippen LogP contribution in [-0.2, 0) is 4.79 Å². The Balaban J connectivity index is 2.00. The molecule has 28 heavy (non-hydrogen) atoms. The minimum atomic E-state index is -0.725. The second kappa shape index (κ2) is 17.4. The van der Waals surface area contributed by atoms with Crippen LogP contribution in [0.4, 0.5) is 0 Å². The van der Waals surface area contributed by atoms with Crippen molar-refractivity contribution in [2.75, 3.05) is 13.2 Å². The summed E-state index contributed by atoms with van der Waals surface area (Å²) >= 11 is 0. The fourth-order valence-corrected chi connectivity index (χ4v) is 3.21. The third kappa shape index (κ3) is 12.7. The number of unbranched alkanes of at least 4 members (excludes halogenated alkanes) is 11. The summed E-state index contributed by atoms with van der Waals surface area (Å²) in [6.45, 7) is 2.65. The molecule has 0 aliphatic rings. The summed E-state index contributed by atoms with van der Waals surface area (Å²) in [6.07, 6.45) is 17.3. The molecule has 1 rings (SSSR count). The molecule has 4 nitrogen and oxygen atoms in total. The summed E-state index contributed by atoms with van der Waals surface area (Å²) in [6, 6.07) is 8.89. The summed E-state index contributed by atoms with van der Waals surface area (Å²) < 4.78 is 0. The molecule has 1 aromatic carbocycles. The van der Waals surface area contributed by atoms with Crippen LogP contribution in [0.15, 0.2) is 35.3 Å². The molecule has 0 radical (unpaired) electrons. The van der Waals surface area contributed by atoms with E-state index in [0.717, 1.165) is 18.4 Å². The van der Waals surface area contributed by atoms with E-state index in [1.807, 2.05) is 30.3 Å². The first kappa shape index (κ1) is 24.4. The van der Waals surface area contributed by atoms with E-state index in [2.05, 4.69) is 17.2 Å². The van der Waals surface area contributed by atoms with E-state index in [4.69, 9.17) is 0 Å². The van der Waals surface area contributed by atoms with Crippen LogP contribution in [0.5, 0.6) is 0 Å². The van der Waals surface area contributed by atoms with Gasteiger partial charge in [-0.2, -0.15) is 0 Å². The molecule has 0 fully saturated rings. The lowest BCUT2D eigenvalue weighted by molar-refractivity contribution is -0.123. The van der Waals surface area contributed by atoms with Gasteiger partial charge < -0.3 is 10.4 Å². The van der Waals surface area contributed by atoms with E-state index < -0.39 is 6.04 Å². The van der Waals surface area contributed by atoms with Gasteiger partial charge in [-0.15, -0.1) is 0 Å². The van der Waals surface area contributed by atoms with Crippen LogP contribution in [0.25, 0.3) is 0 Å². The number of amides is 1. The van der Waals surface area contributed by atoms with Crippen molar-refractivity contribution < 1.29 is 9.90 Å². The summed E-state index contributed by atoms with van der Waals surface area (Å²) in [7, 11) is 0. The monoisotopic (exact) mass is 388 g/mol. The first-order valence-electron chi connectivity index (χ1n) is 11.2. The largest absolute Gasteiger partial charge is 0.394 e. The van der Waals surface area contributed by atoms with Crippen LogP contribution in [0, 0.1) is 0 Å². The molecular weight excluding hydrogens is 348 g/mol. The number of hydrogen-bond donors (Lipinski definition) is 2. The van der Waals surface area contributed by atoms with Crippen molar-refractivity contribution in [1.29, 1.82) is 0 Å². The number of aliphatic hydroxyl groups excluding tert-OH is 1. The Hall–Kier alpha value is -1.68. The van der Waals surface area contributed by atoms with Crippen LogP contribution >= 0.6 is 0 Å². The zero-order valence-corrected chi connectivity index (χ0v) is 17.7. The maximum Gasteiger partial charge on any atom is 0.247 e. The molecular formula is C24H40N2O2. The normalized spacial score (nSPS) is 12.4. The molecule has 0 aliphatic heterocycles. The smallest absolute Gasteiger partial charge is 0.247 e. The zero-order valence-electron chi connectivity index (χ0n) is 17.7. The number of benzene rings is 1. The van der Waals surface area contributed by atoms with Gasteiger partial charge in [-0.25, -0.2) is 0 Å². The second-order valence-corrected chi connectivity index (χ2v) is 7.57. The van der Waals surface area contributed by atoms with Gasteiger partial charge in [0.15, 0.2) is 6.04 Å².